The number of aromatic nitrogens is 13. The highest BCUT2D eigenvalue weighted by Crippen LogP contribution is 2.38. The van der Waals surface area contributed by atoms with E-state index >= 15 is 0 Å². The van der Waals surface area contributed by atoms with Gasteiger partial charge >= 0.3 is 0 Å². The van der Waals surface area contributed by atoms with Crippen molar-refractivity contribution in [2.45, 2.75) is 84.1 Å². The summed E-state index contributed by atoms with van der Waals surface area (Å²) in [5.41, 5.74) is 7.98. The molecule has 2 unspecified atom stereocenters. The van der Waals surface area contributed by atoms with E-state index in [9.17, 15) is 4.39 Å². The van der Waals surface area contributed by atoms with Gasteiger partial charge in [-0.3, -0.25) is 13.8 Å². The topological polar surface area (TPSA) is 186 Å². The Hall–Kier alpha value is -7.31. The number of nitrogens with one attached hydrogen (secondary N) is 2. The maximum absolute atomic E-state index is 13.9. The molecule has 11 rings (SSSR count). The smallest absolute Gasteiger partial charge is 0.222 e. The first-order valence-corrected chi connectivity index (χ1v) is 22.2. The normalized spacial score (nSPS) is 16.6. The molecule has 0 aliphatic carbocycles. The lowest BCUT2D eigenvalue weighted by molar-refractivity contribution is -0.0299. The molecule has 9 aromatic rings. The summed E-state index contributed by atoms with van der Waals surface area (Å²) in [4.78, 5) is 40.0. The molecule has 2 fully saturated rings. The van der Waals surface area contributed by atoms with Crippen molar-refractivity contribution in [3.05, 3.63) is 110 Å². The van der Waals surface area contributed by atoms with Crippen LogP contribution in [0.5, 0.6) is 0 Å². The van der Waals surface area contributed by atoms with Gasteiger partial charge in [-0.05, 0) is 81.3 Å². The van der Waals surface area contributed by atoms with Crippen molar-refractivity contribution in [1.82, 2.24) is 63.8 Å². The van der Waals surface area contributed by atoms with E-state index < -0.39 is 5.95 Å². The van der Waals surface area contributed by atoms with Crippen molar-refractivity contribution in [2.24, 2.45) is 7.05 Å². The summed E-state index contributed by atoms with van der Waals surface area (Å²) in [5.74, 6) is 1.75. The van der Waals surface area contributed by atoms with Crippen molar-refractivity contribution in [3.63, 3.8) is 0 Å². The number of imidazole rings is 2. The van der Waals surface area contributed by atoms with Crippen LogP contribution in [0.1, 0.15) is 83.0 Å². The molecule has 0 radical (unpaired) electrons. The molecule has 336 valence electrons. The van der Waals surface area contributed by atoms with E-state index in [0.717, 1.165) is 102 Å². The van der Waals surface area contributed by atoms with E-state index in [1.54, 1.807) is 31.0 Å². The fraction of sp³-hybridized carbons (Fsp3) is 0.333. The minimum Gasteiger partial charge on any atom is -0.358 e. The second-order valence-corrected chi connectivity index (χ2v) is 17.5. The molecule has 18 heteroatoms. The summed E-state index contributed by atoms with van der Waals surface area (Å²) in [6.07, 6.45) is 17.6. The summed E-state index contributed by atoms with van der Waals surface area (Å²) in [5, 5.41) is 13.9. The zero-order valence-corrected chi connectivity index (χ0v) is 37.5. The standard InChI is InChI=1S/C33H36N10O.C15H14FN5O/c1-20-11-12-22-21(13-15-35-30(22)39-25-17-24(33(2,3)4)41-42(25)5)27(20)40-31-23(9-8-14-34-31)28-29-32(37-18-36-28)43(19-38-29)26-10-6-7-16-44-26;16-14-10(4-3-6-17-14)12-13-15(19-8-18-12)21(9-20-13)11-5-1-2-7-22-11/h8-9,11-15,17-19,26H,6-7,10,16H2,1-5H3,(H,34,40)(H,35,39);3-4,6,8-9,11H,1-2,5,7H2. The molecule has 0 spiro atoms. The minimum absolute atomic E-state index is 0.0600. The van der Waals surface area contributed by atoms with Gasteiger partial charge < -0.3 is 20.1 Å². The van der Waals surface area contributed by atoms with Gasteiger partial charge in [0.15, 0.2) is 11.3 Å². The van der Waals surface area contributed by atoms with Crippen LogP contribution in [0.15, 0.2) is 92.4 Å². The Balaban J connectivity index is 0.000000194. The molecule has 8 aromatic heterocycles. The Morgan fingerprint density at radius 3 is 1.88 bits per heavy atom. The van der Waals surface area contributed by atoms with Crippen LogP contribution in [-0.2, 0) is 21.9 Å². The van der Waals surface area contributed by atoms with E-state index in [4.69, 9.17) is 29.5 Å². The number of benzene rings is 1. The Bertz CT molecular complexity index is 3180. The number of hydrogen-bond donors (Lipinski definition) is 2. The third kappa shape index (κ3) is 8.28. The number of fused-ring (bicyclic) bond motifs is 3. The number of nitrogens with zero attached hydrogens (tertiary/aromatic N) is 13. The van der Waals surface area contributed by atoms with E-state index in [0.29, 0.717) is 39.4 Å². The first-order valence-electron chi connectivity index (χ1n) is 22.2. The lowest BCUT2D eigenvalue weighted by Crippen LogP contribution is -2.17. The van der Waals surface area contributed by atoms with Gasteiger partial charge in [0.25, 0.3) is 0 Å². The number of pyridine rings is 3. The third-order valence-electron chi connectivity index (χ3n) is 12.0. The summed E-state index contributed by atoms with van der Waals surface area (Å²) in [6.45, 7) is 10.0. The Kier molecular flexibility index (Phi) is 11.6. The second kappa shape index (κ2) is 17.9. The molecule has 2 atom stereocenters. The first-order chi connectivity index (χ1) is 32.1. The van der Waals surface area contributed by atoms with Gasteiger partial charge in [0.1, 0.15) is 65.0 Å². The number of rotatable bonds is 8. The molecule has 0 bridgehead atoms. The van der Waals surface area contributed by atoms with Gasteiger partial charge in [0, 0.05) is 66.7 Å². The maximum Gasteiger partial charge on any atom is 0.222 e. The highest BCUT2D eigenvalue weighted by Gasteiger charge is 2.25. The Morgan fingerprint density at radius 2 is 1.27 bits per heavy atom. The maximum atomic E-state index is 13.9. The van der Waals surface area contributed by atoms with Gasteiger partial charge in [-0.15, -0.1) is 0 Å². The number of halogens is 1. The van der Waals surface area contributed by atoms with Crippen LogP contribution < -0.4 is 10.6 Å². The predicted octanol–water partition coefficient (Wildman–Crippen LogP) is 9.69. The van der Waals surface area contributed by atoms with E-state index in [1.807, 2.05) is 51.6 Å². The van der Waals surface area contributed by atoms with Crippen molar-refractivity contribution in [2.75, 3.05) is 23.8 Å². The van der Waals surface area contributed by atoms with Gasteiger partial charge in [0.2, 0.25) is 5.95 Å². The highest BCUT2D eigenvalue weighted by molar-refractivity contribution is 6.03. The quantitative estimate of drug-likeness (QED) is 0.137. The average molecular weight is 888 g/mol. The largest absolute Gasteiger partial charge is 0.358 e. The molecular weight excluding hydrogens is 838 g/mol. The summed E-state index contributed by atoms with van der Waals surface area (Å²) < 4.78 is 31.5. The van der Waals surface area contributed by atoms with Crippen molar-refractivity contribution in [1.29, 1.82) is 0 Å². The van der Waals surface area contributed by atoms with Crippen LogP contribution >= 0.6 is 0 Å². The number of ether oxygens (including phenoxy) is 2. The molecular formula is C48H50FN15O2. The SMILES string of the molecule is Cc1ccc2c(Nc3cc(C(C)(C)C)nn3C)nccc2c1Nc1ncccc1-c1ncnc2c1ncn2C1CCCCO1.Fc1ncccc1-c1ncnc2c1ncn2C1CCCCO1. The van der Waals surface area contributed by atoms with E-state index in [-0.39, 0.29) is 17.9 Å². The molecule has 1 aromatic carbocycles. The molecule has 2 N–H and O–H groups in total. The van der Waals surface area contributed by atoms with Crippen molar-refractivity contribution in [3.8, 4) is 22.5 Å². The third-order valence-corrected chi connectivity index (χ3v) is 12.0. The van der Waals surface area contributed by atoms with Crippen LogP contribution in [0, 0.1) is 12.9 Å². The molecule has 10 heterocycles. The molecule has 17 nitrogen and oxygen atoms in total. The molecule has 2 aliphatic heterocycles. The Morgan fingerprint density at radius 1 is 0.652 bits per heavy atom. The predicted molar refractivity (Wildman–Crippen MR) is 250 cm³/mol. The number of anilines is 4. The number of hydrogen-bond acceptors (Lipinski definition) is 14. The van der Waals surface area contributed by atoms with Crippen LogP contribution in [0.3, 0.4) is 0 Å². The van der Waals surface area contributed by atoms with E-state index in [2.05, 4.69) is 86.4 Å². The second-order valence-electron chi connectivity index (χ2n) is 17.5. The van der Waals surface area contributed by atoms with Crippen LogP contribution in [-0.4, -0.2) is 77.0 Å². The summed E-state index contributed by atoms with van der Waals surface area (Å²) >= 11 is 0. The van der Waals surface area contributed by atoms with Gasteiger partial charge in [-0.2, -0.15) is 9.49 Å². The fourth-order valence-electron chi connectivity index (χ4n) is 8.48. The van der Waals surface area contributed by atoms with Gasteiger partial charge in [0.05, 0.1) is 29.6 Å². The van der Waals surface area contributed by atoms with E-state index in [1.165, 1.54) is 12.5 Å². The summed E-state index contributed by atoms with van der Waals surface area (Å²) in [6, 6.07) is 15.5. The zero-order chi connectivity index (χ0) is 45.4. The zero-order valence-electron chi connectivity index (χ0n) is 37.5. The average Bonchev–Trinajstić information content (AvgIpc) is 4.08. The van der Waals surface area contributed by atoms with Crippen LogP contribution in [0.4, 0.5) is 27.5 Å². The highest BCUT2D eigenvalue weighted by atomic mass is 19.1. The van der Waals surface area contributed by atoms with Gasteiger partial charge in [-0.1, -0.05) is 32.9 Å². The monoisotopic (exact) mass is 887 g/mol. The van der Waals surface area contributed by atoms with Crippen molar-refractivity contribution >= 4 is 56.2 Å². The first kappa shape index (κ1) is 42.6. The fourth-order valence-corrected chi connectivity index (χ4v) is 8.48. The molecule has 0 amide bonds. The lowest BCUT2D eigenvalue weighted by Gasteiger charge is -2.23. The molecule has 2 aliphatic rings. The molecule has 0 saturated carbocycles. The Labute approximate surface area is 380 Å². The van der Waals surface area contributed by atoms with Gasteiger partial charge in [-0.25, -0.2) is 44.9 Å². The molecule has 66 heavy (non-hydrogen) atoms. The summed E-state index contributed by atoms with van der Waals surface area (Å²) in [7, 11) is 1.94. The molecule has 2 saturated heterocycles. The van der Waals surface area contributed by atoms with Crippen molar-refractivity contribution < 1.29 is 13.9 Å². The van der Waals surface area contributed by atoms with Crippen LogP contribution in [0.2, 0.25) is 0 Å². The minimum atomic E-state index is -0.564. The lowest BCUT2D eigenvalue weighted by atomic mass is 9.92. The van der Waals surface area contributed by atoms with Crippen LogP contribution in [0.25, 0.3) is 55.6 Å². The number of aryl methyl sites for hydroxylation is 2.